The van der Waals surface area contributed by atoms with E-state index < -0.39 is 0 Å². The molecule has 0 aliphatic rings. The van der Waals surface area contributed by atoms with Gasteiger partial charge in [-0.25, -0.2) is 0 Å². The molecule has 0 radical (unpaired) electrons. The van der Waals surface area contributed by atoms with Crippen LogP contribution in [0.5, 0.6) is 0 Å². The highest BCUT2D eigenvalue weighted by atomic mass is 16.4. The van der Waals surface area contributed by atoms with Crippen LogP contribution in [0.3, 0.4) is 0 Å². The molecular weight excluding hydrogens is 358 g/mol. The summed E-state index contributed by atoms with van der Waals surface area (Å²) < 4.78 is 11.6. The molecule has 0 spiro atoms. The standard InChI is InChI=1S/C26H17NO2/c1-2-23-17-25-26(28-23)18-24(29-25)19-10-9-15-22(16-19)27(20-11-5-3-6-12-20)21-13-7-4-8-14-21/h1,3-18H. The van der Waals surface area contributed by atoms with Crippen molar-refractivity contribution in [3.05, 3.63) is 103 Å². The summed E-state index contributed by atoms with van der Waals surface area (Å²) in [6, 6.07) is 32.5. The van der Waals surface area contributed by atoms with Gasteiger partial charge in [-0.3, -0.25) is 0 Å². The maximum Gasteiger partial charge on any atom is 0.181 e. The molecule has 3 heteroatoms. The van der Waals surface area contributed by atoms with Gasteiger partial charge in [-0.1, -0.05) is 48.5 Å². The summed E-state index contributed by atoms with van der Waals surface area (Å²) in [7, 11) is 0. The predicted octanol–water partition coefficient (Wildman–Crippen LogP) is 7.14. The van der Waals surface area contributed by atoms with Crippen LogP contribution in [0.1, 0.15) is 5.76 Å². The quantitative estimate of drug-likeness (QED) is 0.313. The average Bonchev–Trinajstić information content (AvgIpc) is 3.35. The maximum absolute atomic E-state index is 5.97. The van der Waals surface area contributed by atoms with Gasteiger partial charge in [0.25, 0.3) is 0 Å². The average molecular weight is 375 g/mol. The van der Waals surface area contributed by atoms with E-state index >= 15 is 0 Å². The Kier molecular flexibility index (Phi) is 4.16. The highest BCUT2D eigenvalue weighted by molar-refractivity contribution is 5.82. The highest BCUT2D eigenvalue weighted by Gasteiger charge is 2.15. The van der Waals surface area contributed by atoms with E-state index in [0.717, 1.165) is 28.4 Å². The highest BCUT2D eigenvalue weighted by Crippen LogP contribution is 2.37. The van der Waals surface area contributed by atoms with Crippen LogP contribution in [0, 0.1) is 12.3 Å². The lowest BCUT2D eigenvalue weighted by Crippen LogP contribution is -2.09. The van der Waals surface area contributed by atoms with Crippen LogP contribution in [-0.2, 0) is 0 Å². The molecule has 5 rings (SSSR count). The van der Waals surface area contributed by atoms with E-state index in [1.54, 1.807) is 6.07 Å². The largest absolute Gasteiger partial charge is 0.452 e. The molecule has 2 heterocycles. The Morgan fingerprint density at radius 3 is 1.86 bits per heavy atom. The lowest BCUT2D eigenvalue weighted by molar-refractivity contribution is 0.600. The van der Waals surface area contributed by atoms with Gasteiger partial charge in [0.1, 0.15) is 5.76 Å². The van der Waals surface area contributed by atoms with Crippen LogP contribution in [0.15, 0.2) is 106 Å². The number of hydrogen-bond donors (Lipinski definition) is 0. The number of anilines is 3. The molecule has 0 atom stereocenters. The van der Waals surface area contributed by atoms with Crippen LogP contribution in [0.2, 0.25) is 0 Å². The third-order valence-corrected chi connectivity index (χ3v) is 4.77. The number of hydrogen-bond acceptors (Lipinski definition) is 3. The van der Waals surface area contributed by atoms with Crippen molar-refractivity contribution in [1.29, 1.82) is 0 Å². The lowest BCUT2D eigenvalue weighted by Gasteiger charge is -2.25. The summed E-state index contributed by atoms with van der Waals surface area (Å²) in [5.74, 6) is 3.70. The van der Waals surface area contributed by atoms with E-state index in [2.05, 4.69) is 47.2 Å². The molecule has 0 saturated carbocycles. The molecule has 0 saturated heterocycles. The molecule has 2 aromatic heterocycles. The van der Waals surface area contributed by atoms with Crippen LogP contribution < -0.4 is 4.90 Å². The molecule has 0 bridgehead atoms. The Bertz CT molecular complexity index is 1240. The van der Waals surface area contributed by atoms with Crippen molar-refractivity contribution in [1.82, 2.24) is 0 Å². The van der Waals surface area contributed by atoms with Gasteiger partial charge in [0.2, 0.25) is 0 Å². The fourth-order valence-electron chi connectivity index (χ4n) is 3.45. The van der Waals surface area contributed by atoms with E-state index in [1.807, 2.05) is 54.6 Å². The second-order valence-corrected chi connectivity index (χ2v) is 6.65. The monoisotopic (exact) mass is 375 g/mol. The SMILES string of the molecule is C#Cc1cc2oc(-c3cccc(N(c4ccccc4)c4ccccc4)c3)cc2o1. The zero-order valence-corrected chi connectivity index (χ0v) is 15.6. The van der Waals surface area contributed by atoms with E-state index in [4.69, 9.17) is 15.3 Å². The van der Waals surface area contributed by atoms with Crippen molar-refractivity contribution >= 4 is 28.2 Å². The van der Waals surface area contributed by atoms with Gasteiger partial charge in [-0.05, 0) is 42.3 Å². The van der Waals surface area contributed by atoms with E-state index in [9.17, 15) is 0 Å². The minimum atomic E-state index is 0.471. The van der Waals surface area contributed by atoms with Crippen molar-refractivity contribution in [2.24, 2.45) is 0 Å². The summed E-state index contributed by atoms with van der Waals surface area (Å²) in [5.41, 5.74) is 5.48. The predicted molar refractivity (Wildman–Crippen MR) is 117 cm³/mol. The first-order valence-electron chi connectivity index (χ1n) is 9.32. The van der Waals surface area contributed by atoms with E-state index in [-0.39, 0.29) is 0 Å². The Morgan fingerprint density at radius 2 is 1.24 bits per heavy atom. The first-order chi connectivity index (χ1) is 14.3. The van der Waals surface area contributed by atoms with Gasteiger partial charge in [-0.15, -0.1) is 6.42 Å². The van der Waals surface area contributed by atoms with Crippen LogP contribution in [0.25, 0.3) is 22.5 Å². The normalized spacial score (nSPS) is 10.7. The Morgan fingerprint density at radius 1 is 0.621 bits per heavy atom. The van der Waals surface area contributed by atoms with Crippen molar-refractivity contribution in [3.8, 4) is 23.7 Å². The van der Waals surface area contributed by atoms with Gasteiger partial charge in [0, 0.05) is 34.8 Å². The second-order valence-electron chi connectivity index (χ2n) is 6.65. The Labute approximate surface area is 168 Å². The number of nitrogens with zero attached hydrogens (tertiary/aromatic N) is 1. The molecule has 0 aliphatic carbocycles. The number of furan rings is 2. The van der Waals surface area contributed by atoms with Gasteiger partial charge < -0.3 is 13.7 Å². The third kappa shape index (κ3) is 3.18. The summed E-state index contributed by atoms with van der Waals surface area (Å²) >= 11 is 0. The van der Waals surface area contributed by atoms with Gasteiger partial charge >= 0.3 is 0 Å². The van der Waals surface area contributed by atoms with Gasteiger partial charge in [0.05, 0.1) is 0 Å². The number of rotatable bonds is 4. The lowest BCUT2D eigenvalue weighted by atomic mass is 10.1. The smallest absolute Gasteiger partial charge is 0.181 e. The maximum atomic E-state index is 5.97. The zero-order valence-electron chi connectivity index (χ0n) is 15.6. The summed E-state index contributed by atoms with van der Waals surface area (Å²) in [6.07, 6.45) is 5.39. The molecular formula is C26H17NO2. The molecule has 29 heavy (non-hydrogen) atoms. The van der Waals surface area contributed by atoms with E-state index in [0.29, 0.717) is 16.9 Å². The van der Waals surface area contributed by atoms with Gasteiger partial charge in [0.15, 0.2) is 16.9 Å². The summed E-state index contributed by atoms with van der Waals surface area (Å²) in [5, 5.41) is 0. The van der Waals surface area contributed by atoms with Crippen LogP contribution in [-0.4, -0.2) is 0 Å². The summed E-state index contributed by atoms with van der Waals surface area (Å²) in [4.78, 5) is 2.22. The summed E-state index contributed by atoms with van der Waals surface area (Å²) in [6.45, 7) is 0. The minimum absolute atomic E-state index is 0.471. The van der Waals surface area contributed by atoms with Gasteiger partial charge in [-0.2, -0.15) is 0 Å². The van der Waals surface area contributed by atoms with Crippen molar-refractivity contribution in [2.75, 3.05) is 4.90 Å². The molecule has 0 aliphatic heterocycles. The number of para-hydroxylation sites is 2. The van der Waals surface area contributed by atoms with Crippen LogP contribution in [0.4, 0.5) is 17.1 Å². The van der Waals surface area contributed by atoms with E-state index in [1.165, 1.54) is 0 Å². The number of benzene rings is 3. The third-order valence-electron chi connectivity index (χ3n) is 4.77. The molecule has 138 valence electrons. The molecule has 0 amide bonds. The van der Waals surface area contributed by atoms with Crippen molar-refractivity contribution < 1.29 is 8.83 Å². The fourth-order valence-corrected chi connectivity index (χ4v) is 3.45. The van der Waals surface area contributed by atoms with Crippen molar-refractivity contribution in [2.45, 2.75) is 0 Å². The molecule has 5 aromatic rings. The fraction of sp³-hybridized carbons (Fsp3) is 0. The second kappa shape index (κ2) is 7.10. The molecule has 0 N–H and O–H groups in total. The zero-order chi connectivity index (χ0) is 19.6. The first kappa shape index (κ1) is 17.0. The molecule has 0 unspecified atom stereocenters. The topological polar surface area (TPSA) is 29.5 Å². The number of fused-ring (bicyclic) bond motifs is 1. The molecule has 3 nitrogen and oxygen atoms in total. The Hall–Kier alpha value is -4.16. The Balaban J connectivity index is 1.60. The minimum Gasteiger partial charge on any atom is -0.452 e. The van der Waals surface area contributed by atoms with Crippen molar-refractivity contribution in [3.63, 3.8) is 0 Å². The first-order valence-corrected chi connectivity index (χ1v) is 9.32. The molecule has 3 aromatic carbocycles. The number of terminal acetylenes is 1. The molecule has 0 fully saturated rings. The van der Waals surface area contributed by atoms with Crippen LogP contribution >= 0.6 is 0 Å².